The lowest BCUT2D eigenvalue weighted by Gasteiger charge is -1.98. The summed E-state index contributed by atoms with van der Waals surface area (Å²) < 4.78 is 0. The van der Waals surface area contributed by atoms with Crippen LogP contribution in [0.3, 0.4) is 0 Å². The second-order valence-corrected chi connectivity index (χ2v) is 5.58. The van der Waals surface area contributed by atoms with Gasteiger partial charge in [-0.2, -0.15) is 0 Å². The summed E-state index contributed by atoms with van der Waals surface area (Å²) in [5, 5.41) is 8.39. The minimum atomic E-state index is -0.936. The molecule has 0 aliphatic heterocycles. The summed E-state index contributed by atoms with van der Waals surface area (Å²) in [6.07, 6.45) is 32.7. The van der Waals surface area contributed by atoms with Crippen molar-refractivity contribution in [1.82, 2.24) is 0 Å². The largest absolute Gasteiger partial charge is 0.478 e. The monoisotopic (exact) mass is 328 g/mol. The smallest absolute Gasteiger partial charge is 0.328 e. The lowest BCUT2D eigenvalue weighted by atomic mass is 10.1. The van der Waals surface area contributed by atoms with Gasteiger partial charge in [0.05, 0.1) is 0 Å². The molecule has 132 valence electrons. The van der Waals surface area contributed by atoms with Crippen LogP contribution in [0, 0.1) is 0 Å². The van der Waals surface area contributed by atoms with Crippen molar-refractivity contribution in [2.24, 2.45) is 0 Å². The fraction of sp³-hybridized carbons (Fsp3) is 0.409. The van der Waals surface area contributed by atoms with E-state index in [0.29, 0.717) is 0 Å². The van der Waals surface area contributed by atoms with Crippen molar-refractivity contribution in [3.63, 3.8) is 0 Å². The van der Waals surface area contributed by atoms with E-state index in [4.69, 9.17) is 5.11 Å². The molecule has 1 N–H and O–H groups in total. The number of rotatable bonds is 14. The molecule has 0 aromatic heterocycles. The lowest BCUT2D eigenvalue weighted by Crippen LogP contribution is -1.84. The number of hydrogen-bond donors (Lipinski definition) is 1. The average Bonchev–Trinajstić information content (AvgIpc) is 2.56. The van der Waals surface area contributed by atoms with Crippen LogP contribution in [-0.2, 0) is 4.79 Å². The van der Waals surface area contributed by atoms with Gasteiger partial charge in [0.2, 0.25) is 0 Å². The molecule has 0 aliphatic rings. The Labute approximate surface area is 147 Å². The van der Waals surface area contributed by atoms with Crippen LogP contribution >= 0.6 is 0 Å². The molecule has 0 radical (unpaired) electrons. The Kier molecular flexibility index (Phi) is 17.3. The van der Waals surface area contributed by atoms with E-state index in [2.05, 4.69) is 19.1 Å². The topological polar surface area (TPSA) is 37.3 Å². The molecule has 0 aromatic rings. The quantitative estimate of drug-likeness (QED) is 0.223. The molecule has 0 rings (SSSR count). The van der Waals surface area contributed by atoms with Crippen LogP contribution in [0.5, 0.6) is 0 Å². The summed E-state index contributed by atoms with van der Waals surface area (Å²) in [6, 6.07) is 0. The van der Waals surface area contributed by atoms with E-state index in [0.717, 1.165) is 12.5 Å². The minimum absolute atomic E-state index is 0.936. The zero-order chi connectivity index (χ0) is 17.7. The first-order valence-corrected chi connectivity index (χ1v) is 9.00. The van der Waals surface area contributed by atoms with Gasteiger partial charge in [-0.25, -0.2) is 4.79 Å². The van der Waals surface area contributed by atoms with Crippen LogP contribution in [0.25, 0.3) is 0 Å². The number of allylic oxidation sites excluding steroid dienone is 11. The summed E-state index contributed by atoms with van der Waals surface area (Å²) >= 11 is 0. The SMILES string of the molecule is CCCCCCCCC/C=C/C=C\C=C\C=C/C=C/C=C/C(=O)O. The van der Waals surface area contributed by atoms with Crippen molar-refractivity contribution < 1.29 is 9.90 Å². The van der Waals surface area contributed by atoms with Gasteiger partial charge in [0, 0.05) is 6.08 Å². The Morgan fingerprint density at radius 2 is 1.12 bits per heavy atom. The van der Waals surface area contributed by atoms with Crippen LogP contribution < -0.4 is 0 Å². The van der Waals surface area contributed by atoms with Crippen LogP contribution in [0.15, 0.2) is 72.9 Å². The van der Waals surface area contributed by atoms with Gasteiger partial charge in [0.15, 0.2) is 0 Å². The molecule has 0 spiro atoms. The van der Waals surface area contributed by atoms with Gasteiger partial charge in [-0.1, -0.05) is 112 Å². The maximum Gasteiger partial charge on any atom is 0.328 e. The van der Waals surface area contributed by atoms with Gasteiger partial charge >= 0.3 is 5.97 Å². The third-order valence-corrected chi connectivity index (χ3v) is 3.35. The highest BCUT2D eigenvalue weighted by Crippen LogP contribution is 2.08. The van der Waals surface area contributed by atoms with Crippen molar-refractivity contribution in [2.75, 3.05) is 0 Å². The number of carbonyl (C=O) groups is 1. The molecule has 0 amide bonds. The summed E-state index contributed by atoms with van der Waals surface area (Å²) in [6.45, 7) is 2.25. The van der Waals surface area contributed by atoms with Crippen molar-refractivity contribution in [3.8, 4) is 0 Å². The fourth-order valence-electron chi connectivity index (χ4n) is 2.05. The first-order chi connectivity index (χ1) is 11.8. The molecule has 0 saturated carbocycles. The molecule has 0 saturated heterocycles. The van der Waals surface area contributed by atoms with Gasteiger partial charge in [-0.15, -0.1) is 0 Å². The van der Waals surface area contributed by atoms with Crippen molar-refractivity contribution in [1.29, 1.82) is 0 Å². The predicted molar refractivity (Wildman–Crippen MR) is 105 cm³/mol. The van der Waals surface area contributed by atoms with E-state index in [9.17, 15) is 4.79 Å². The van der Waals surface area contributed by atoms with Crippen molar-refractivity contribution >= 4 is 5.97 Å². The predicted octanol–water partition coefficient (Wildman–Crippen LogP) is 6.55. The second-order valence-electron chi connectivity index (χ2n) is 5.58. The molecular formula is C22H32O2. The molecular weight excluding hydrogens is 296 g/mol. The van der Waals surface area contributed by atoms with Crippen LogP contribution in [-0.4, -0.2) is 11.1 Å². The lowest BCUT2D eigenvalue weighted by molar-refractivity contribution is -0.131. The highest BCUT2D eigenvalue weighted by atomic mass is 16.4. The standard InChI is InChI=1S/C22H32O2/c1-2-3-4-5-6-7-8-9-10-11-12-13-14-15-16-17-18-19-20-21-22(23)24/h10-21H,2-9H2,1H3,(H,23,24)/b11-10+,13-12-,15-14+,17-16-,19-18+,21-20+. The summed E-state index contributed by atoms with van der Waals surface area (Å²) in [7, 11) is 0. The van der Waals surface area contributed by atoms with E-state index < -0.39 is 5.97 Å². The molecule has 0 heterocycles. The van der Waals surface area contributed by atoms with Gasteiger partial charge in [-0.3, -0.25) is 0 Å². The van der Waals surface area contributed by atoms with E-state index in [1.54, 1.807) is 12.2 Å². The molecule has 0 bridgehead atoms. The number of aliphatic carboxylic acids is 1. The van der Waals surface area contributed by atoms with Crippen LogP contribution in [0.1, 0.15) is 58.3 Å². The molecule has 0 unspecified atom stereocenters. The van der Waals surface area contributed by atoms with E-state index >= 15 is 0 Å². The van der Waals surface area contributed by atoms with Gasteiger partial charge in [0.25, 0.3) is 0 Å². The maximum atomic E-state index is 10.2. The maximum absolute atomic E-state index is 10.2. The average molecular weight is 328 g/mol. The van der Waals surface area contributed by atoms with Crippen molar-refractivity contribution in [2.45, 2.75) is 58.3 Å². The minimum Gasteiger partial charge on any atom is -0.478 e. The zero-order valence-corrected chi connectivity index (χ0v) is 14.9. The zero-order valence-electron chi connectivity index (χ0n) is 14.9. The number of unbranched alkanes of at least 4 members (excludes halogenated alkanes) is 7. The van der Waals surface area contributed by atoms with Crippen molar-refractivity contribution in [3.05, 3.63) is 72.9 Å². The fourth-order valence-corrected chi connectivity index (χ4v) is 2.05. The molecule has 0 atom stereocenters. The number of hydrogen-bond acceptors (Lipinski definition) is 1. The summed E-state index contributed by atoms with van der Waals surface area (Å²) in [5.41, 5.74) is 0. The molecule has 0 aromatic carbocycles. The molecule has 2 heteroatoms. The summed E-state index contributed by atoms with van der Waals surface area (Å²) in [4.78, 5) is 10.2. The third-order valence-electron chi connectivity index (χ3n) is 3.35. The van der Waals surface area contributed by atoms with E-state index in [1.807, 2.05) is 36.5 Å². The van der Waals surface area contributed by atoms with E-state index in [-0.39, 0.29) is 0 Å². The Balaban J connectivity index is 3.57. The highest BCUT2D eigenvalue weighted by Gasteiger charge is 1.88. The Morgan fingerprint density at radius 3 is 1.67 bits per heavy atom. The van der Waals surface area contributed by atoms with Gasteiger partial charge in [-0.05, 0) is 12.8 Å². The van der Waals surface area contributed by atoms with Crippen LogP contribution in [0.4, 0.5) is 0 Å². The summed E-state index contributed by atoms with van der Waals surface area (Å²) in [5.74, 6) is -0.936. The van der Waals surface area contributed by atoms with Gasteiger partial charge < -0.3 is 5.11 Å². The van der Waals surface area contributed by atoms with Gasteiger partial charge in [0.1, 0.15) is 0 Å². The second kappa shape index (κ2) is 19.0. The molecule has 24 heavy (non-hydrogen) atoms. The number of carboxylic acid groups (broad SMARTS) is 1. The molecule has 0 aliphatic carbocycles. The molecule has 0 fully saturated rings. The van der Waals surface area contributed by atoms with Crippen LogP contribution in [0.2, 0.25) is 0 Å². The normalized spacial score (nSPS) is 13.0. The Bertz CT molecular complexity index is 462. The highest BCUT2D eigenvalue weighted by molar-refractivity contribution is 5.80. The first kappa shape index (κ1) is 21.9. The Morgan fingerprint density at radius 1 is 0.667 bits per heavy atom. The molecule has 2 nitrogen and oxygen atoms in total. The number of carboxylic acids is 1. The van der Waals surface area contributed by atoms with E-state index in [1.165, 1.54) is 51.0 Å². The Hall–Kier alpha value is -2.09. The first-order valence-electron chi connectivity index (χ1n) is 9.00. The third kappa shape index (κ3) is 19.9.